The molecule has 0 atom stereocenters. The van der Waals surface area contributed by atoms with Crippen molar-refractivity contribution in [2.24, 2.45) is 0 Å². The highest BCUT2D eigenvalue weighted by molar-refractivity contribution is 6.32. The number of halogens is 1. The van der Waals surface area contributed by atoms with Gasteiger partial charge in [0.15, 0.2) is 11.5 Å². The minimum absolute atomic E-state index is 0.116. The molecule has 0 aromatic heterocycles. The highest BCUT2D eigenvalue weighted by atomic mass is 35.5. The zero-order chi connectivity index (χ0) is 13.8. The van der Waals surface area contributed by atoms with Gasteiger partial charge in [-0.25, -0.2) is 0 Å². The fraction of sp³-hybridized carbons (Fsp3) is 0.143. The summed E-state index contributed by atoms with van der Waals surface area (Å²) in [4.78, 5) is 0. The molecule has 3 N–H and O–H groups in total. The number of methoxy groups -OCH3 is 1. The Hall–Kier alpha value is -2.07. The van der Waals surface area contributed by atoms with Crippen LogP contribution in [-0.4, -0.2) is 17.3 Å². The molecule has 5 heteroatoms. The number of hydrogen-bond donors (Lipinski definition) is 3. The van der Waals surface area contributed by atoms with Gasteiger partial charge in [0.05, 0.1) is 12.1 Å². The molecule has 0 aliphatic heterocycles. The molecule has 100 valence electrons. The predicted molar refractivity (Wildman–Crippen MR) is 75.1 cm³/mol. The van der Waals surface area contributed by atoms with E-state index in [0.29, 0.717) is 22.9 Å². The van der Waals surface area contributed by atoms with Gasteiger partial charge in [0.25, 0.3) is 0 Å². The van der Waals surface area contributed by atoms with Gasteiger partial charge in [0, 0.05) is 17.8 Å². The van der Waals surface area contributed by atoms with Crippen LogP contribution in [0.1, 0.15) is 5.56 Å². The first kappa shape index (κ1) is 13.4. The minimum Gasteiger partial charge on any atom is -0.504 e. The molecule has 0 radical (unpaired) electrons. The van der Waals surface area contributed by atoms with Crippen LogP contribution in [-0.2, 0) is 6.54 Å². The van der Waals surface area contributed by atoms with Crippen LogP contribution >= 0.6 is 11.6 Å². The summed E-state index contributed by atoms with van der Waals surface area (Å²) in [5, 5.41) is 22.7. The molecule has 19 heavy (non-hydrogen) atoms. The number of phenolic OH excluding ortho intramolecular Hbond substituents is 2. The standard InChI is InChI=1S/C14H14ClNO3/c1-19-13-6-5-10(7-11(13)15)16-8-9-3-2-4-12(17)14(9)18/h2-7,16-18H,8H2,1H3. The van der Waals surface area contributed by atoms with E-state index < -0.39 is 0 Å². The third-order valence-electron chi connectivity index (χ3n) is 2.73. The number of para-hydroxylation sites is 1. The van der Waals surface area contributed by atoms with Gasteiger partial charge in [0.2, 0.25) is 0 Å². The molecule has 0 fully saturated rings. The fourth-order valence-electron chi connectivity index (χ4n) is 1.69. The Kier molecular flexibility index (Phi) is 4.02. The number of nitrogens with one attached hydrogen (secondary N) is 1. The van der Waals surface area contributed by atoms with Gasteiger partial charge in [0.1, 0.15) is 5.75 Å². The van der Waals surface area contributed by atoms with Crippen LogP contribution in [0.2, 0.25) is 5.02 Å². The van der Waals surface area contributed by atoms with Crippen LogP contribution in [0.3, 0.4) is 0 Å². The lowest BCUT2D eigenvalue weighted by atomic mass is 10.2. The van der Waals surface area contributed by atoms with Crippen molar-refractivity contribution >= 4 is 17.3 Å². The monoisotopic (exact) mass is 279 g/mol. The number of hydrogen-bond acceptors (Lipinski definition) is 4. The number of anilines is 1. The maximum absolute atomic E-state index is 9.68. The highest BCUT2D eigenvalue weighted by Gasteiger charge is 2.06. The molecule has 2 aromatic rings. The molecule has 0 spiro atoms. The van der Waals surface area contributed by atoms with Gasteiger partial charge >= 0.3 is 0 Å². The number of ether oxygens (including phenoxy) is 1. The summed E-state index contributed by atoms with van der Waals surface area (Å²) >= 11 is 6.01. The van der Waals surface area contributed by atoms with Gasteiger partial charge in [-0.05, 0) is 24.3 Å². The van der Waals surface area contributed by atoms with Gasteiger partial charge < -0.3 is 20.3 Å². The van der Waals surface area contributed by atoms with Crippen LogP contribution in [0.5, 0.6) is 17.2 Å². The second-order valence-corrected chi connectivity index (χ2v) is 4.39. The summed E-state index contributed by atoms with van der Waals surface area (Å²) in [5.41, 5.74) is 1.40. The van der Waals surface area contributed by atoms with E-state index in [9.17, 15) is 10.2 Å². The largest absolute Gasteiger partial charge is 0.504 e. The van der Waals surface area contributed by atoms with E-state index in [0.717, 1.165) is 5.69 Å². The van der Waals surface area contributed by atoms with Gasteiger partial charge in [-0.2, -0.15) is 0 Å². The third kappa shape index (κ3) is 3.03. The molecule has 2 aromatic carbocycles. The molecule has 0 heterocycles. The van der Waals surface area contributed by atoms with E-state index in [1.165, 1.54) is 6.07 Å². The Morgan fingerprint density at radius 3 is 2.68 bits per heavy atom. The Labute approximate surface area is 116 Å². The zero-order valence-electron chi connectivity index (χ0n) is 10.4. The second-order valence-electron chi connectivity index (χ2n) is 3.99. The van der Waals surface area contributed by atoms with Crippen molar-refractivity contribution in [2.45, 2.75) is 6.54 Å². The normalized spacial score (nSPS) is 10.2. The Bertz CT molecular complexity index is 587. The van der Waals surface area contributed by atoms with Crippen molar-refractivity contribution in [1.29, 1.82) is 0 Å². The average Bonchev–Trinajstić information content (AvgIpc) is 2.40. The smallest absolute Gasteiger partial charge is 0.162 e. The Morgan fingerprint density at radius 1 is 1.21 bits per heavy atom. The first-order chi connectivity index (χ1) is 9.11. The predicted octanol–water partition coefficient (Wildman–Crippen LogP) is 3.37. The third-order valence-corrected chi connectivity index (χ3v) is 3.03. The Balaban J connectivity index is 2.10. The van der Waals surface area contributed by atoms with E-state index in [-0.39, 0.29) is 11.5 Å². The van der Waals surface area contributed by atoms with Crippen LogP contribution in [0.25, 0.3) is 0 Å². The molecule has 0 aliphatic rings. The van der Waals surface area contributed by atoms with Crippen molar-refractivity contribution in [3.8, 4) is 17.2 Å². The van der Waals surface area contributed by atoms with Crippen LogP contribution < -0.4 is 10.1 Å². The van der Waals surface area contributed by atoms with Crippen molar-refractivity contribution in [3.63, 3.8) is 0 Å². The number of benzene rings is 2. The molecule has 0 saturated carbocycles. The topological polar surface area (TPSA) is 61.7 Å². The van der Waals surface area contributed by atoms with Crippen molar-refractivity contribution < 1.29 is 14.9 Å². The van der Waals surface area contributed by atoms with E-state index in [4.69, 9.17) is 16.3 Å². The molecular formula is C14H14ClNO3. The number of phenols is 2. The molecule has 0 aliphatic carbocycles. The maximum Gasteiger partial charge on any atom is 0.162 e. The van der Waals surface area contributed by atoms with Crippen LogP contribution in [0.4, 0.5) is 5.69 Å². The lowest BCUT2D eigenvalue weighted by Crippen LogP contribution is -2.00. The Morgan fingerprint density at radius 2 is 2.00 bits per heavy atom. The highest BCUT2D eigenvalue weighted by Crippen LogP contribution is 2.30. The quantitative estimate of drug-likeness (QED) is 0.751. The summed E-state index contributed by atoms with van der Waals surface area (Å²) in [6, 6.07) is 10.2. The summed E-state index contributed by atoms with van der Waals surface area (Å²) in [6.45, 7) is 0.378. The maximum atomic E-state index is 9.68. The van der Waals surface area contributed by atoms with Crippen molar-refractivity contribution in [1.82, 2.24) is 0 Å². The first-order valence-corrected chi connectivity index (χ1v) is 6.07. The molecule has 2 rings (SSSR count). The van der Waals surface area contributed by atoms with E-state index >= 15 is 0 Å². The number of rotatable bonds is 4. The molecule has 0 saturated heterocycles. The molecular weight excluding hydrogens is 266 g/mol. The summed E-state index contributed by atoms with van der Waals surface area (Å²) in [7, 11) is 1.55. The van der Waals surface area contributed by atoms with Crippen LogP contribution in [0.15, 0.2) is 36.4 Å². The van der Waals surface area contributed by atoms with Crippen molar-refractivity contribution in [3.05, 3.63) is 47.0 Å². The SMILES string of the molecule is COc1ccc(NCc2cccc(O)c2O)cc1Cl. The summed E-state index contributed by atoms with van der Waals surface area (Å²) in [6.07, 6.45) is 0. The molecule has 4 nitrogen and oxygen atoms in total. The molecule has 0 bridgehead atoms. The lowest BCUT2D eigenvalue weighted by Gasteiger charge is -2.10. The zero-order valence-corrected chi connectivity index (χ0v) is 11.1. The average molecular weight is 280 g/mol. The summed E-state index contributed by atoms with van der Waals surface area (Å²) in [5.74, 6) is 0.356. The van der Waals surface area contributed by atoms with E-state index in [2.05, 4.69) is 5.32 Å². The number of aromatic hydroxyl groups is 2. The van der Waals surface area contributed by atoms with E-state index in [1.54, 1.807) is 31.4 Å². The molecule has 0 amide bonds. The second kappa shape index (κ2) is 5.71. The van der Waals surface area contributed by atoms with Crippen molar-refractivity contribution in [2.75, 3.05) is 12.4 Å². The van der Waals surface area contributed by atoms with Gasteiger partial charge in [-0.3, -0.25) is 0 Å². The van der Waals surface area contributed by atoms with E-state index in [1.807, 2.05) is 6.07 Å². The van der Waals surface area contributed by atoms with Gasteiger partial charge in [-0.15, -0.1) is 0 Å². The fourth-order valence-corrected chi connectivity index (χ4v) is 1.95. The summed E-state index contributed by atoms with van der Waals surface area (Å²) < 4.78 is 5.06. The van der Waals surface area contributed by atoms with Crippen LogP contribution in [0, 0.1) is 0 Å². The lowest BCUT2D eigenvalue weighted by molar-refractivity contribution is 0.400. The first-order valence-electron chi connectivity index (χ1n) is 5.69. The van der Waals surface area contributed by atoms with Gasteiger partial charge in [-0.1, -0.05) is 23.7 Å². The molecule has 0 unspecified atom stereocenters. The minimum atomic E-state index is -0.132.